The molecule has 148 valence electrons. The molecular weight excluding hydrogens is 355 g/mol. The van der Waals surface area contributed by atoms with E-state index < -0.39 is 5.97 Å². The molecule has 1 heterocycles. The maximum absolute atomic E-state index is 14.8. The van der Waals surface area contributed by atoms with Gasteiger partial charge in [-0.1, -0.05) is 13.0 Å². The van der Waals surface area contributed by atoms with Gasteiger partial charge in [-0.25, -0.2) is 9.18 Å². The normalized spacial score (nSPS) is 18.2. The molecule has 1 atom stereocenters. The molecule has 2 aromatic carbocycles. The predicted octanol–water partition coefficient (Wildman–Crippen LogP) is 5.39. The van der Waals surface area contributed by atoms with E-state index in [0.29, 0.717) is 28.3 Å². The van der Waals surface area contributed by atoms with Crippen molar-refractivity contribution < 1.29 is 13.9 Å². The van der Waals surface area contributed by atoms with Gasteiger partial charge in [0.05, 0.1) is 18.4 Å². The summed E-state index contributed by atoms with van der Waals surface area (Å²) >= 11 is 0. The monoisotopic (exact) mass is 382 g/mol. The van der Waals surface area contributed by atoms with Crippen LogP contribution in [0.15, 0.2) is 35.3 Å². The molecule has 1 unspecified atom stereocenters. The number of methoxy groups -OCH3 is 1. The van der Waals surface area contributed by atoms with Gasteiger partial charge in [0.2, 0.25) is 0 Å². The van der Waals surface area contributed by atoms with Gasteiger partial charge in [-0.3, -0.25) is 4.99 Å². The van der Waals surface area contributed by atoms with Crippen LogP contribution in [0, 0.1) is 12.7 Å². The second-order valence-electron chi connectivity index (χ2n) is 8.11. The van der Waals surface area contributed by atoms with Crippen molar-refractivity contribution in [3.8, 4) is 0 Å². The zero-order valence-corrected chi connectivity index (χ0v) is 17.3. The molecule has 0 saturated heterocycles. The Balaban J connectivity index is 1.99. The van der Waals surface area contributed by atoms with Crippen LogP contribution in [0.2, 0.25) is 0 Å². The maximum atomic E-state index is 14.8. The Hall–Kier alpha value is -2.69. The minimum absolute atomic E-state index is 0.0140. The molecule has 0 aliphatic carbocycles. The molecule has 0 spiro atoms. The number of hydrogen-bond donors (Lipinski definition) is 0. The molecule has 0 bridgehead atoms. The molecule has 28 heavy (non-hydrogen) atoms. The highest BCUT2D eigenvalue weighted by atomic mass is 19.1. The van der Waals surface area contributed by atoms with E-state index >= 15 is 0 Å². The maximum Gasteiger partial charge on any atom is 0.338 e. The number of ether oxygens (including phenoxy) is 1. The Morgan fingerprint density at radius 2 is 2.07 bits per heavy atom. The predicted molar refractivity (Wildman–Crippen MR) is 112 cm³/mol. The first-order valence-electron chi connectivity index (χ1n) is 9.45. The Kier molecular flexibility index (Phi) is 5.28. The number of esters is 1. The van der Waals surface area contributed by atoms with Crippen molar-refractivity contribution in [1.29, 1.82) is 0 Å². The van der Waals surface area contributed by atoms with Crippen molar-refractivity contribution in [2.45, 2.75) is 45.6 Å². The third-order valence-corrected chi connectivity index (χ3v) is 5.81. The standard InChI is InChI=1S/C23H27FN2O2/c1-14-12-23(3,4)26(5)21-11-19(24)16(10-18(14)21)13-25-20-9-7-8-17(15(20)2)22(27)28-6/h7-11,13-14H,12H2,1-6H3. The summed E-state index contributed by atoms with van der Waals surface area (Å²) in [6.07, 6.45) is 2.53. The smallest absolute Gasteiger partial charge is 0.338 e. The molecule has 1 aliphatic heterocycles. The van der Waals surface area contributed by atoms with Gasteiger partial charge >= 0.3 is 5.97 Å². The SMILES string of the molecule is COC(=O)c1cccc(N=Cc2cc3c(cc2F)N(C)C(C)(C)CC3C)c1C. The van der Waals surface area contributed by atoms with Crippen LogP contribution in [-0.4, -0.2) is 31.9 Å². The van der Waals surface area contributed by atoms with Crippen molar-refractivity contribution in [2.75, 3.05) is 19.1 Å². The second-order valence-corrected chi connectivity index (χ2v) is 8.11. The van der Waals surface area contributed by atoms with Crippen molar-refractivity contribution >= 4 is 23.6 Å². The average Bonchev–Trinajstić information content (AvgIpc) is 2.65. The second kappa shape index (κ2) is 7.38. The zero-order valence-electron chi connectivity index (χ0n) is 17.3. The summed E-state index contributed by atoms with van der Waals surface area (Å²) in [5.41, 5.74) is 4.28. The van der Waals surface area contributed by atoms with Crippen molar-refractivity contribution in [1.82, 2.24) is 0 Å². The Labute approximate surface area is 166 Å². The molecule has 0 radical (unpaired) electrons. The van der Waals surface area contributed by atoms with Gasteiger partial charge in [-0.15, -0.1) is 0 Å². The van der Waals surface area contributed by atoms with Crippen molar-refractivity contribution in [3.05, 3.63) is 58.4 Å². The molecule has 0 amide bonds. The largest absolute Gasteiger partial charge is 0.465 e. The van der Waals surface area contributed by atoms with E-state index in [1.807, 2.05) is 13.1 Å². The van der Waals surface area contributed by atoms with E-state index in [4.69, 9.17) is 4.74 Å². The lowest BCUT2D eigenvalue weighted by molar-refractivity contribution is 0.0600. The summed E-state index contributed by atoms with van der Waals surface area (Å²) in [5, 5.41) is 0. The quantitative estimate of drug-likeness (QED) is 0.528. The third kappa shape index (κ3) is 3.53. The molecule has 1 aliphatic rings. The summed E-state index contributed by atoms with van der Waals surface area (Å²) in [5.74, 6) is -0.381. The van der Waals surface area contributed by atoms with Crippen LogP contribution in [0.4, 0.5) is 15.8 Å². The van der Waals surface area contributed by atoms with Gasteiger partial charge in [0.25, 0.3) is 0 Å². The first kappa shape index (κ1) is 20.1. The highest BCUT2D eigenvalue weighted by Crippen LogP contribution is 2.43. The molecule has 0 fully saturated rings. The first-order valence-corrected chi connectivity index (χ1v) is 9.45. The van der Waals surface area contributed by atoms with E-state index in [-0.39, 0.29) is 11.4 Å². The molecule has 5 heteroatoms. The molecule has 2 aromatic rings. The van der Waals surface area contributed by atoms with E-state index in [9.17, 15) is 9.18 Å². The highest BCUT2D eigenvalue weighted by molar-refractivity contribution is 5.93. The lowest BCUT2D eigenvalue weighted by atomic mass is 9.80. The van der Waals surface area contributed by atoms with E-state index in [1.54, 1.807) is 31.2 Å². The number of rotatable bonds is 3. The van der Waals surface area contributed by atoms with Gasteiger partial charge in [-0.2, -0.15) is 0 Å². The topological polar surface area (TPSA) is 41.9 Å². The minimum Gasteiger partial charge on any atom is -0.465 e. The van der Waals surface area contributed by atoms with Crippen LogP contribution in [0.25, 0.3) is 0 Å². The number of carbonyl (C=O) groups excluding carboxylic acids is 1. The van der Waals surface area contributed by atoms with Crippen LogP contribution < -0.4 is 4.90 Å². The zero-order chi connectivity index (χ0) is 20.6. The van der Waals surface area contributed by atoms with E-state index in [0.717, 1.165) is 17.7 Å². The van der Waals surface area contributed by atoms with Crippen LogP contribution in [0.1, 0.15) is 60.2 Å². The number of nitrogens with zero attached hydrogens (tertiary/aromatic N) is 2. The number of anilines is 1. The van der Waals surface area contributed by atoms with Crippen LogP contribution in [0.3, 0.4) is 0 Å². The number of aliphatic imine (C=N–C) groups is 1. The van der Waals surface area contributed by atoms with Gasteiger partial charge in [0.15, 0.2) is 0 Å². The van der Waals surface area contributed by atoms with Crippen molar-refractivity contribution in [2.24, 2.45) is 4.99 Å². The number of benzene rings is 2. The first-order chi connectivity index (χ1) is 13.2. The summed E-state index contributed by atoms with van der Waals surface area (Å²) in [6, 6.07) is 8.73. The van der Waals surface area contributed by atoms with Crippen LogP contribution >= 0.6 is 0 Å². The lowest BCUT2D eigenvalue weighted by Gasteiger charge is -2.45. The summed E-state index contributed by atoms with van der Waals surface area (Å²) in [7, 11) is 3.36. The number of fused-ring (bicyclic) bond motifs is 1. The van der Waals surface area contributed by atoms with Gasteiger partial charge in [-0.05, 0) is 68.5 Å². The fraction of sp³-hybridized carbons (Fsp3) is 0.391. The number of halogens is 1. The van der Waals surface area contributed by atoms with Gasteiger partial charge in [0, 0.05) is 30.1 Å². The number of hydrogen-bond acceptors (Lipinski definition) is 4. The Bertz CT molecular complexity index is 950. The fourth-order valence-electron chi connectivity index (χ4n) is 3.94. The molecule has 3 rings (SSSR count). The minimum atomic E-state index is -0.408. The molecular formula is C23H27FN2O2. The van der Waals surface area contributed by atoms with Crippen LogP contribution in [0.5, 0.6) is 0 Å². The van der Waals surface area contributed by atoms with Crippen LogP contribution in [-0.2, 0) is 4.74 Å². The average molecular weight is 382 g/mol. The van der Waals surface area contributed by atoms with E-state index in [1.165, 1.54) is 13.3 Å². The fourth-order valence-corrected chi connectivity index (χ4v) is 3.94. The summed E-state index contributed by atoms with van der Waals surface area (Å²) in [4.78, 5) is 18.5. The van der Waals surface area contributed by atoms with Gasteiger partial charge in [0.1, 0.15) is 5.82 Å². The summed E-state index contributed by atoms with van der Waals surface area (Å²) < 4.78 is 19.6. The molecule has 0 N–H and O–H groups in total. The number of carbonyl (C=O) groups is 1. The lowest BCUT2D eigenvalue weighted by Crippen LogP contribution is -2.45. The Morgan fingerprint density at radius 1 is 1.36 bits per heavy atom. The van der Waals surface area contributed by atoms with Crippen molar-refractivity contribution in [3.63, 3.8) is 0 Å². The summed E-state index contributed by atoms with van der Waals surface area (Å²) in [6.45, 7) is 8.34. The molecule has 0 aromatic heterocycles. The van der Waals surface area contributed by atoms with E-state index in [2.05, 4.69) is 30.7 Å². The molecule has 0 saturated carbocycles. The molecule has 4 nitrogen and oxygen atoms in total. The highest BCUT2D eigenvalue weighted by Gasteiger charge is 2.34. The third-order valence-electron chi connectivity index (χ3n) is 5.81. The Morgan fingerprint density at radius 3 is 2.75 bits per heavy atom. The van der Waals surface area contributed by atoms with Gasteiger partial charge < -0.3 is 9.64 Å².